The molecular formula is C22H24N4O2S. The van der Waals surface area contributed by atoms with Crippen molar-refractivity contribution in [3.8, 4) is 0 Å². The summed E-state index contributed by atoms with van der Waals surface area (Å²) < 4.78 is 0. The molecule has 4 N–H and O–H groups in total. The number of amides is 2. The van der Waals surface area contributed by atoms with Gasteiger partial charge in [0.2, 0.25) is 5.91 Å². The summed E-state index contributed by atoms with van der Waals surface area (Å²) in [6, 6.07) is 12.8. The Hall–Kier alpha value is -3.19. The summed E-state index contributed by atoms with van der Waals surface area (Å²) >= 11 is 5.30. The van der Waals surface area contributed by atoms with Crippen LogP contribution in [0.2, 0.25) is 0 Å². The Labute approximate surface area is 175 Å². The van der Waals surface area contributed by atoms with Crippen molar-refractivity contribution in [2.24, 2.45) is 0 Å². The standard InChI is InChI=1S/C22H24N4O2S/c1-12-5-8-18(11-13(12)2)25-21(28)19-14(3)23-22(29)26-20(19)16-6-9-17(10-7-16)24-15(4)27/h5-11,20H,1-4H3,(H,24,27)(H,25,28)(H2,23,26,29)/t20-/m0/s1. The predicted octanol–water partition coefficient (Wildman–Crippen LogP) is 3.69. The van der Waals surface area contributed by atoms with Crippen molar-refractivity contribution >= 4 is 40.5 Å². The minimum atomic E-state index is -0.401. The van der Waals surface area contributed by atoms with Crippen molar-refractivity contribution in [3.63, 3.8) is 0 Å². The van der Waals surface area contributed by atoms with E-state index in [4.69, 9.17) is 12.2 Å². The van der Waals surface area contributed by atoms with Crippen LogP contribution in [0.25, 0.3) is 0 Å². The van der Waals surface area contributed by atoms with E-state index in [0.717, 1.165) is 16.8 Å². The molecule has 0 radical (unpaired) electrons. The fraction of sp³-hybridized carbons (Fsp3) is 0.227. The van der Waals surface area contributed by atoms with Crippen molar-refractivity contribution in [1.82, 2.24) is 10.6 Å². The van der Waals surface area contributed by atoms with Gasteiger partial charge in [0, 0.05) is 24.0 Å². The molecule has 150 valence electrons. The zero-order chi connectivity index (χ0) is 21.1. The van der Waals surface area contributed by atoms with Gasteiger partial charge in [0.1, 0.15) is 0 Å². The van der Waals surface area contributed by atoms with Crippen LogP contribution in [0.15, 0.2) is 53.7 Å². The van der Waals surface area contributed by atoms with E-state index >= 15 is 0 Å². The lowest BCUT2D eigenvalue weighted by atomic mass is 9.94. The lowest BCUT2D eigenvalue weighted by molar-refractivity contribution is -0.114. The van der Waals surface area contributed by atoms with Crippen LogP contribution >= 0.6 is 12.2 Å². The van der Waals surface area contributed by atoms with Crippen molar-refractivity contribution < 1.29 is 9.59 Å². The van der Waals surface area contributed by atoms with Gasteiger partial charge >= 0.3 is 0 Å². The van der Waals surface area contributed by atoms with E-state index in [0.29, 0.717) is 22.1 Å². The third-order valence-corrected chi connectivity index (χ3v) is 5.06. The number of nitrogens with one attached hydrogen (secondary N) is 4. The van der Waals surface area contributed by atoms with Crippen LogP contribution in [0.1, 0.15) is 36.6 Å². The average molecular weight is 409 g/mol. The Morgan fingerprint density at radius 3 is 2.21 bits per heavy atom. The lowest BCUT2D eigenvalue weighted by Gasteiger charge is -2.30. The van der Waals surface area contributed by atoms with Crippen LogP contribution in [0.5, 0.6) is 0 Å². The Bertz CT molecular complexity index is 1010. The molecule has 0 saturated carbocycles. The van der Waals surface area contributed by atoms with Gasteiger partial charge in [-0.15, -0.1) is 0 Å². The van der Waals surface area contributed by atoms with Crippen LogP contribution in [0.3, 0.4) is 0 Å². The second-order valence-corrected chi connectivity index (χ2v) is 7.53. The smallest absolute Gasteiger partial charge is 0.255 e. The van der Waals surface area contributed by atoms with Gasteiger partial charge in [-0.1, -0.05) is 18.2 Å². The van der Waals surface area contributed by atoms with Gasteiger partial charge in [-0.25, -0.2) is 0 Å². The number of hydrogen-bond donors (Lipinski definition) is 4. The fourth-order valence-corrected chi connectivity index (χ4v) is 3.50. The monoisotopic (exact) mass is 408 g/mol. The van der Waals surface area contributed by atoms with Crippen molar-refractivity contribution in [2.45, 2.75) is 33.7 Å². The highest BCUT2D eigenvalue weighted by atomic mass is 32.1. The Morgan fingerprint density at radius 1 is 0.931 bits per heavy atom. The number of thiocarbonyl (C=S) groups is 1. The molecular weight excluding hydrogens is 384 g/mol. The van der Waals surface area contributed by atoms with Gasteiger partial charge in [0.25, 0.3) is 5.91 Å². The number of benzene rings is 2. The van der Waals surface area contributed by atoms with E-state index in [9.17, 15) is 9.59 Å². The molecule has 0 aromatic heterocycles. The Morgan fingerprint density at radius 2 is 1.59 bits per heavy atom. The highest BCUT2D eigenvalue weighted by Crippen LogP contribution is 2.29. The quantitative estimate of drug-likeness (QED) is 0.580. The third-order valence-electron chi connectivity index (χ3n) is 4.84. The molecule has 6 nitrogen and oxygen atoms in total. The Balaban J connectivity index is 1.90. The highest BCUT2D eigenvalue weighted by molar-refractivity contribution is 7.80. The minimum Gasteiger partial charge on any atom is -0.351 e. The molecule has 0 spiro atoms. The molecule has 2 aromatic carbocycles. The number of anilines is 2. The molecule has 7 heteroatoms. The zero-order valence-corrected chi connectivity index (χ0v) is 17.7. The van der Waals surface area contributed by atoms with Gasteiger partial charge in [-0.3, -0.25) is 9.59 Å². The van der Waals surface area contributed by atoms with Gasteiger partial charge in [-0.05, 0) is 73.9 Å². The summed E-state index contributed by atoms with van der Waals surface area (Å²) in [6.07, 6.45) is 0. The van der Waals surface area contributed by atoms with Crippen molar-refractivity contribution in [3.05, 3.63) is 70.4 Å². The molecule has 1 aliphatic rings. The van der Waals surface area contributed by atoms with E-state index < -0.39 is 6.04 Å². The molecule has 2 amide bonds. The van der Waals surface area contributed by atoms with Crippen LogP contribution < -0.4 is 21.3 Å². The topological polar surface area (TPSA) is 82.3 Å². The second kappa shape index (κ2) is 8.45. The summed E-state index contributed by atoms with van der Waals surface area (Å²) in [6.45, 7) is 7.34. The van der Waals surface area contributed by atoms with Crippen LogP contribution in [-0.2, 0) is 9.59 Å². The maximum Gasteiger partial charge on any atom is 0.255 e. The number of hydrogen-bond acceptors (Lipinski definition) is 3. The van der Waals surface area contributed by atoms with E-state index in [1.807, 2.05) is 51.1 Å². The summed E-state index contributed by atoms with van der Waals surface area (Å²) in [5.74, 6) is -0.340. The molecule has 0 unspecified atom stereocenters. The Kier molecular flexibility index (Phi) is 5.98. The molecule has 0 bridgehead atoms. The number of allylic oxidation sites excluding steroid dienone is 1. The molecule has 1 aliphatic heterocycles. The first-order valence-electron chi connectivity index (χ1n) is 9.29. The highest BCUT2D eigenvalue weighted by Gasteiger charge is 2.30. The van der Waals surface area contributed by atoms with Crippen molar-refractivity contribution in [1.29, 1.82) is 0 Å². The molecule has 0 saturated heterocycles. The first-order valence-corrected chi connectivity index (χ1v) is 9.70. The summed E-state index contributed by atoms with van der Waals surface area (Å²) in [5.41, 5.74) is 5.84. The number of carbonyl (C=O) groups excluding carboxylic acids is 2. The van der Waals surface area contributed by atoms with Gasteiger partial charge < -0.3 is 21.3 Å². The summed E-state index contributed by atoms with van der Waals surface area (Å²) in [7, 11) is 0. The molecule has 0 aliphatic carbocycles. The van der Waals surface area contributed by atoms with E-state index in [1.165, 1.54) is 12.5 Å². The normalized spacial score (nSPS) is 16.0. The largest absolute Gasteiger partial charge is 0.351 e. The van der Waals surface area contributed by atoms with Gasteiger partial charge in [0.05, 0.1) is 11.6 Å². The number of aryl methyl sites for hydroxylation is 2. The van der Waals surface area contributed by atoms with Gasteiger partial charge in [0.15, 0.2) is 5.11 Å². The lowest BCUT2D eigenvalue weighted by Crippen LogP contribution is -2.45. The van der Waals surface area contributed by atoms with E-state index in [2.05, 4.69) is 21.3 Å². The van der Waals surface area contributed by atoms with Crippen LogP contribution in [-0.4, -0.2) is 16.9 Å². The maximum absolute atomic E-state index is 13.1. The fourth-order valence-electron chi connectivity index (χ4n) is 3.22. The van der Waals surface area contributed by atoms with E-state index in [1.54, 1.807) is 12.1 Å². The van der Waals surface area contributed by atoms with E-state index in [-0.39, 0.29) is 11.8 Å². The first-order chi connectivity index (χ1) is 13.7. The van der Waals surface area contributed by atoms with Crippen molar-refractivity contribution in [2.75, 3.05) is 10.6 Å². The summed E-state index contributed by atoms with van der Waals surface area (Å²) in [4.78, 5) is 24.4. The summed E-state index contributed by atoms with van der Waals surface area (Å²) in [5, 5.41) is 12.4. The maximum atomic E-state index is 13.1. The molecule has 29 heavy (non-hydrogen) atoms. The third kappa shape index (κ3) is 4.81. The molecule has 1 atom stereocenters. The SMILES string of the molecule is CC(=O)Nc1ccc([C@@H]2NC(=S)NC(C)=C2C(=O)Nc2ccc(C)c(C)c2)cc1. The first kappa shape index (κ1) is 20.5. The second-order valence-electron chi connectivity index (χ2n) is 7.13. The van der Waals surface area contributed by atoms with Gasteiger partial charge in [-0.2, -0.15) is 0 Å². The van der Waals surface area contributed by atoms with Crippen LogP contribution in [0, 0.1) is 13.8 Å². The average Bonchev–Trinajstić information content (AvgIpc) is 2.64. The molecule has 3 rings (SSSR count). The zero-order valence-electron chi connectivity index (χ0n) is 16.8. The minimum absolute atomic E-state index is 0.136. The molecule has 2 aromatic rings. The molecule has 0 fully saturated rings. The number of carbonyl (C=O) groups is 2. The molecule has 1 heterocycles. The predicted molar refractivity (Wildman–Crippen MR) is 120 cm³/mol. The van der Waals surface area contributed by atoms with Crippen LogP contribution in [0.4, 0.5) is 11.4 Å². The number of rotatable bonds is 4.